The topological polar surface area (TPSA) is 100 Å². The van der Waals surface area contributed by atoms with Gasteiger partial charge in [-0.2, -0.15) is 0 Å². The molecule has 0 spiro atoms. The number of hydrogen-bond donors (Lipinski definition) is 0. The van der Waals surface area contributed by atoms with Crippen molar-refractivity contribution in [2.45, 2.75) is 19.8 Å². The second kappa shape index (κ2) is 9.81. The molecule has 1 aromatic heterocycles. The molecule has 172 valence electrons. The highest BCUT2D eigenvalue weighted by molar-refractivity contribution is 6.21. The summed E-state index contributed by atoms with van der Waals surface area (Å²) in [6, 6.07) is 10.2. The van der Waals surface area contributed by atoms with Gasteiger partial charge in [0.15, 0.2) is 0 Å². The van der Waals surface area contributed by atoms with Crippen molar-refractivity contribution in [3.8, 4) is 0 Å². The van der Waals surface area contributed by atoms with Crippen LogP contribution in [0.1, 0.15) is 50.8 Å². The summed E-state index contributed by atoms with van der Waals surface area (Å²) in [5.74, 6) is -0.435. The van der Waals surface area contributed by atoms with E-state index in [1.807, 2.05) is 0 Å². The van der Waals surface area contributed by atoms with Crippen LogP contribution in [0, 0.1) is 0 Å². The van der Waals surface area contributed by atoms with E-state index < -0.39 is 5.97 Å². The van der Waals surface area contributed by atoms with Crippen molar-refractivity contribution < 1.29 is 23.9 Å². The number of esters is 1. The van der Waals surface area contributed by atoms with Crippen LogP contribution in [0.4, 0.5) is 5.82 Å². The quantitative estimate of drug-likeness (QED) is 0.490. The number of amides is 3. The lowest BCUT2D eigenvalue weighted by atomic mass is 10.1. The fourth-order valence-corrected chi connectivity index (χ4v) is 4.11. The first-order valence-electron chi connectivity index (χ1n) is 11.1. The van der Waals surface area contributed by atoms with Crippen LogP contribution in [0.2, 0.25) is 0 Å². The number of ether oxygens (including phenoxy) is 1. The maximum Gasteiger partial charge on any atom is 0.339 e. The molecule has 1 aromatic carbocycles. The summed E-state index contributed by atoms with van der Waals surface area (Å²) in [5, 5.41) is 0. The number of hydrogen-bond acceptors (Lipinski definition) is 7. The Labute approximate surface area is 191 Å². The van der Waals surface area contributed by atoms with Crippen molar-refractivity contribution in [1.82, 2.24) is 14.8 Å². The van der Waals surface area contributed by atoms with Crippen LogP contribution in [0.15, 0.2) is 42.6 Å². The Bertz CT molecular complexity index is 1030. The standard InChI is InChI=1S/C24H26N4O5/c1-2-33-24(32)17-8-9-20(25-16-17)26-11-5-12-27(15-14-26)21(29)10-13-28-22(30)18-6-3-4-7-19(18)23(28)31/h3-4,6-9,16H,2,5,10-15H2,1H3. The first-order valence-corrected chi connectivity index (χ1v) is 11.1. The zero-order valence-corrected chi connectivity index (χ0v) is 18.5. The van der Waals surface area contributed by atoms with Gasteiger partial charge in [-0.1, -0.05) is 12.1 Å². The molecule has 0 radical (unpaired) electrons. The zero-order valence-electron chi connectivity index (χ0n) is 18.5. The van der Waals surface area contributed by atoms with Crippen molar-refractivity contribution in [2.24, 2.45) is 0 Å². The van der Waals surface area contributed by atoms with E-state index in [1.54, 1.807) is 48.2 Å². The number of aromatic nitrogens is 1. The molecular weight excluding hydrogens is 424 g/mol. The molecule has 0 bridgehead atoms. The second-order valence-corrected chi connectivity index (χ2v) is 7.90. The number of nitrogens with zero attached hydrogens (tertiary/aromatic N) is 4. The number of fused-ring (bicyclic) bond motifs is 1. The van der Waals surface area contributed by atoms with E-state index in [9.17, 15) is 19.2 Å². The Morgan fingerprint density at radius 2 is 1.70 bits per heavy atom. The normalized spacial score (nSPS) is 16.0. The third-order valence-electron chi connectivity index (χ3n) is 5.86. The first-order chi connectivity index (χ1) is 16.0. The lowest BCUT2D eigenvalue weighted by molar-refractivity contribution is -0.131. The molecule has 9 heteroatoms. The molecule has 2 aromatic rings. The van der Waals surface area contributed by atoms with Crippen molar-refractivity contribution in [3.63, 3.8) is 0 Å². The number of carbonyl (C=O) groups excluding carboxylic acids is 4. The smallest absolute Gasteiger partial charge is 0.339 e. The van der Waals surface area contributed by atoms with Crippen LogP contribution < -0.4 is 4.90 Å². The molecule has 0 N–H and O–H groups in total. The lowest BCUT2D eigenvalue weighted by Crippen LogP contribution is -2.38. The minimum atomic E-state index is -0.401. The van der Waals surface area contributed by atoms with Crippen molar-refractivity contribution in [3.05, 3.63) is 59.3 Å². The first kappa shape index (κ1) is 22.4. The van der Waals surface area contributed by atoms with Gasteiger partial charge >= 0.3 is 5.97 Å². The summed E-state index contributed by atoms with van der Waals surface area (Å²) in [6.45, 7) is 4.58. The fraction of sp³-hybridized carbons (Fsp3) is 0.375. The maximum atomic E-state index is 12.8. The summed E-state index contributed by atoms with van der Waals surface area (Å²) >= 11 is 0. The van der Waals surface area contributed by atoms with Gasteiger partial charge in [0.05, 0.1) is 23.3 Å². The van der Waals surface area contributed by atoms with Crippen LogP contribution in [-0.4, -0.2) is 77.8 Å². The van der Waals surface area contributed by atoms with Gasteiger partial charge in [-0.15, -0.1) is 0 Å². The molecule has 1 saturated heterocycles. The van der Waals surface area contributed by atoms with Gasteiger partial charge < -0.3 is 14.5 Å². The van der Waals surface area contributed by atoms with Gasteiger partial charge in [0, 0.05) is 45.3 Å². The summed E-state index contributed by atoms with van der Waals surface area (Å²) in [4.78, 5) is 59.0. The molecule has 33 heavy (non-hydrogen) atoms. The second-order valence-electron chi connectivity index (χ2n) is 7.90. The molecule has 3 amide bonds. The third-order valence-corrected chi connectivity index (χ3v) is 5.86. The molecule has 4 rings (SSSR count). The number of imide groups is 1. The molecule has 1 fully saturated rings. The van der Waals surface area contributed by atoms with Gasteiger partial charge in [0.2, 0.25) is 5.91 Å². The molecule has 3 heterocycles. The van der Waals surface area contributed by atoms with Crippen molar-refractivity contribution in [1.29, 1.82) is 0 Å². The monoisotopic (exact) mass is 450 g/mol. The van der Waals surface area contributed by atoms with Crippen molar-refractivity contribution >= 4 is 29.5 Å². The maximum absolute atomic E-state index is 12.8. The Morgan fingerprint density at radius 3 is 2.33 bits per heavy atom. The number of anilines is 1. The molecular formula is C24H26N4O5. The average molecular weight is 450 g/mol. The van der Waals surface area contributed by atoms with Crippen LogP contribution in [-0.2, 0) is 9.53 Å². The Morgan fingerprint density at radius 1 is 0.970 bits per heavy atom. The zero-order chi connectivity index (χ0) is 23.4. The summed E-state index contributed by atoms with van der Waals surface area (Å²) in [5.41, 5.74) is 1.18. The number of carbonyl (C=O) groups is 4. The van der Waals surface area contributed by atoms with E-state index in [1.165, 1.54) is 6.20 Å². The lowest BCUT2D eigenvalue weighted by Gasteiger charge is -2.23. The van der Waals surface area contributed by atoms with E-state index >= 15 is 0 Å². The van der Waals surface area contributed by atoms with Gasteiger partial charge in [0.25, 0.3) is 11.8 Å². The summed E-state index contributed by atoms with van der Waals surface area (Å²) < 4.78 is 4.98. The minimum Gasteiger partial charge on any atom is -0.462 e. The van der Waals surface area contributed by atoms with Gasteiger partial charge in [-0.05, 0) is 37.6 Å². The van der Waals surface area contributed by atoms with Gasteiger partial charge in [-0.3, -0.25) is 19.3 Å². The predicted octanol–water partition coefficient (Wildman–Crippen LogP) is 1.98. The highest BCUT2D eigenvalue weighted by Crippen LogP contribution is 2.23. The highest BCUT2D eigenvalue weighted by atomic mass is 16.5. The van der Waals surface area contributed by atoms with Crippen LogP contribution in [0.25, 0.3) is 0 Å². The van der Waals surface area contributed by atoms with Crippen LogP contribution in [0.3, 0.4) is 0 Å². The van der Waals surface area contributed by atoms with Crippen LogP contribution in [0.5, 0.6) is 0 Å². The Balaban J connectivity index is 1.31. The minimum absolute atomic E-state index is 0.0717. The van der Waals surface area contributed by atoms with Crippen molar-refractivity contribution in [2.75, 3.05) is 44.2 Å². The number of rotatable bonds is 6. The highest BCUT2D eigenvalue weighted by Gasteiger charge is 2.35. The number of benzene rings is 1. The Kier molecular flexibility index (Phi) is 6.67. The Hall–Kier alpha value is -3.75. The largest absolute Gasteiger partial charge is 0.462 e. The third kappa shape index (κ3) is 4.72. The SMILES string of the molecule is CCOC(=O)c1ccc(N2CCCN(C(=O)CCN3C(=O)c4ccccc4C3=O)CC2)nc1. The van der Waals surface area contributed by atoms with Crippen LogP contribution >= 0.6 is 0 Å². The van der Waals surface area contributed by atoms with Gasteiger partial charge in [0.1, 0.15) is 5.82 Å². The average Bonchev–Trinajstić information content (AvgIpc) is 2.99. The molecule has 9 nitrogen and oxygen atoms in total. The van der Waals surface area contributed by atoms with E-state index in [-0.39, 0.29) is 30.7 Å². The molecule has 0 saturated carbocycles. The molecule has 0 atom stereocenters. The van der Waals surface area contributed by atoms with Gasteiger partial charge in [-0.25, -0.2) is 9.78 Å². The van der Waals surface area contributed by atoms with E-state index in [0.29, 0.717) is 42.9 Å². The summed E-state index contributed by atoms with van der Waals surface area (Å²) in [7, 11) is 0. The number of pyridine rings is 1. The fourth-order valence-electron chi connectivity index (χ4n) is 4.11. The molecule has 2 aliphatic heterocycles. The molecule has 0 aliphatic carbocycles. The van der Waals surface area contributed by atoms with E-state index in [2.05, 4.69) is 9.88 Å². The summed E-state index contributed by atoms with van der Waals surface area (Å²) in [6.07, 6.45) is 2.36. The van der Waals surface area contributed by atoms with E-state index in [4.69, 9.17) is 4.74 Å². The molecule has 2 aliphatic rings. The molecule has 0 unspecified atom stereocenters. The van der Waals surface area contributed by atoms with E-state index in [0.717, 1.165) is 23.7 Å². The predicted molar refractivity (Wildman–Crippen MR) is 120 cm³/mol.